The minimum absolute atomic E-state index is 0.0319. The van der Waals surface area contributed by atoms with E-state index >= 15 is 0 Å². The first-order valence-corrected chi connectivity index (χ1v) is 23.2. The first-order valence-electron chi connectivity index (χ1n) is 18.3. The zero-order valence-corrected chi connectivity index (χ0v) is 34.6. The number of phosphoric acid groups is 1. The molecule has 0 fully saturated rings. The highest BCUT2D eigenvalue weighted by Crippen LogP contribution is 2.50. The second-order valence-electron chi connectivity index (χ2n) is 13.6. The summed E-state index contributed by atoms with van der Waals surface area (Å²) in [6, 6.07) is 23.8. The van der Waals surface area contributed by atoms with E-state index in [4.69, 9.17) is 32.5 Å². The Balaban J connectivity index is 1.05. The molecule has 2 aliphatic rings. The van der Waals surface area contributed by atoms with Crippen LogP contribution in [0.4, 0.5) is 21.9 Å². The Morgan fingerprint density at radius 2 is 1.46 bits per heavy atom. The molecule has 57 heavy (non-hydrogen) atoms. The number of anilines is 3. The molecule has 3 heterocycles. The van der Waals surface area contributed by atoms with E-state index in [1.54, 1.807) is 34.2 Å². The summed E-state index contributed by atoms with van der Waals surface area (Å²) < 4.78 is 22.4. The maximum absolute atomic E-state index is 14.0. The lowest BCUT2D eigenvalue weighted by molar-refractivity contribution is -0.119. The van der Waals surface area contributed by atoms with Crippen molar-refractivity contribution in [3.8, 4) is 5.75 Å². The van der Waals surface area contributed by atoms with Crippen molar-refractivity contribution in [2.24, 2.45) is 0 Å². The molecule has 7 rings (SSSR count). The highest BCUT2D eigenvalue weighted by molar-refractivity contribution is 8.76. The van der Waals surface area contributed by atoms with Crippen LogP contribution in [-0.4, -0.2) is 69.9 Å². The van der Waals surface area contributed by atoms with Crippen molar-refractivity contribution in [3.05, 3.63) is 96.2 Å². The van der Waals surface area contributed by atoms with Crippen molar-refractivity contribution in [1.82, 2.24) is 4.98 Å². The number of alkyl halides is 2. The second kappa shape index (κ2) is 18.3. The van der Waals surface area contributed by atoms with Gasteiger partial charge in [-0.1, -0.05) is 65.4 Å². The van der Waals surface area contributed by atoms with Crippen LogP contribution in [0, 0.1) is 0 Å². The van der Waals surface area contributed by atoms with Crippen molar-refractivity contribution in [3.63, 3.8) is 0 Å². The standard InChI is InChI=1S/C40H39Cl2N4O8PS2/c41-16-15-25-23-45(32-20-31(27-8-1-3-10-29(27)38(25)32)44-40(49)53-18-19-56-57-35-12-5-6-17-43-35)36(47)13-7-14-37(48)46-24-26(22-42)39-30-11-4-2-9-28(30)34(21-33(39)46)54-55(50,51)52/h1-6,8-12,17,20-21,25-26H,7,13-16,18-19,22-24H2,(H,44,49)(H2,50,51,52). The molecule has 2 unspecified atom stereocenters. The lowest BCUT2D eigenvalue weighted by Crippen LogP contribution is -2.32. The van der Waals surface area contributed by atoms with Crippen molar-refractivity contribution in [2.45, 2.75) is 42.5 Å². The monoisotopic (exact) mass is 868 g/mol. The lowest BCUT2D eigenvalue weighted by Gasteiger charge is -2.21. The predicted octanol–water partition coefficient (Wildman–Crippen LogP) is 9.45. The van der Waals surface area contributed by atoms with Crippen molar-refractivity contribution >= 4 is 109 Å². The number of pyridine rings is 1. The fourth-order valence-electron chi connectivity index (χ4n) is 7.60. The Labute approximate surface area is 347 Å². The fourth-order valence-corrected chi connectivity index (χ4v) is 10.2. The number of aromatic nitrogens is 1. The summed E-state index contributed by atoms with van der Waals surface area (Å²) >= 11 is 12.7. The highest BCUT2D eigenvalue weighted by Gasteiger charge is 2.37. The average Bonchev–Trinajstić information content (AvgIpc) is 3.76. The minimum atomic E-state index is -4.90. The number of carbonyl (C=O) groups is 3. The maximum Gasteiger partial charge on any atom is 0.524 e. The van der Waals surface area contributed by atoms with Crippen LogP contribution in [0.25, 0.3) is 21.5 Å². The molecule has 0 saturated heterocycles. The molecule has 3 N–H and O–H groups in total. The highest BCUT2D eigenvalue weighted by atomic mass is 35.5. The van der Waals surface area contributed by atoms with E-state index in [0.29, 0.717) is 52.4 Å². The molecule has 2 aliphatic heterocycles. The SMILES string of the molecule is O=C(Nc1cc2c(c3ccccc13)C(CCCl)CN2C(=O)CCCC(=O)N1CC(CCl)c2c1cc(OP(=O)(O)O)c1ccccc21)OCCSSc1ccccn1. The number of amides is 3. The Hall–Kier alpha value is -4.01. The predicted molar refractivity (Wildman–Crippen MR) is 228 cm³/mol. The van der Waals surface area contributed by atoms with Gasteiger partial charge in [-0.3, -0.25) is 24.7 Å². The van der Waals surface area contributed by atoms with Crippen LogP contribution in [0.1, 0.15) is 48.6 Å². The molecule has 12 nitrogen and oxygen atoms in total. The van der Waals surface area contributed by atoms with Gasteiger partial charge in [0.15, 0.2) is 0 Å². The molecule has 0 spiro atoms. The summed E-state index contributed by atoms with van der Waals surface area (Å²) in [5.41, 5.74) is 3.46. The molecule has 4 aromatic carbocycles. The summed E-state index contributed by atoms with van der Waals surface area (Å²) in [5, 5.41) is 6.68. The summed E-state index contributed by atoms with van der Waals surface area (Å²) in [5.74, 6) is 0.479. The van der Waals surface area contributed by atoms with Crippen LogP contribution in [0.2, 0.25) is 0 Å². The third kappa shape index (κ3) is 9.33. The molecular weight excluding hydrogens is 830 g/mol. The van der Waals surface area contributed by atoms with Crippen LogP contribution in [0.3, 0.4) is 0 Å². The van der Waals surface area contributed by atoms with Gasteiger partial charge in [-0.05, 0) is 63.7 Å². The fraction of sp³-hybridized carbons (Fsp3) is 0.300. The molecule has 1 aromatic heterocycles. The van der Waals surface area contributed by atoms with Gasteiger partial charge in [0.1, 0.15) is 17.4 Å². The Kier molecular flexibility index (Phi) is 13.2. The first kappa shape index (κ1) is 41.2. The smallest absolute Gasteiger partial charge is 0.448 e. The number of halogens is 2. The number of hydrogen-bond acceptors (Lipinski definition) is 9. The van der Waals surface area contributed by atoms with E-state index in [1.165, 1.54) is 27.7 Å². The van der Waals surface area contributed by atoms with Crippen LogP contribution in [0.15, 0.2) is 90.1 Å². The van der Waals surface area contributed by atoms with E-state index in [1.807, 2.05) is 54.6 Å². The number of hydrogen-bond donors (Lipinski definition) is 3. The summed E-state index contributed by atoms with van der Waals surface area (Å²) in [4.78, 5) is 67.6. The number of nitrogens with zero attached hydrogens (tertiary/aromatic N) is 3. The molecule has 0 radical (unpaired) electrons. The largest absolute Gasteiger partial charge is 0.524 e. The van der Waals surface area contributed by atoms with E-state index in [2.05, 4.69) is 10.3 Å². The number of carbonyl (C=O) groups excluding carboxylic acids is 3. The molecule has 5 aromatic rings. The van der Waals surface area contributed by atoms with Crippen molar-refractivity contribution < 1.29 is 38.0 Å². The molecular formula is C40H39Cl2N4O8PS2. The van der Waals surface area contributed by atoms with Gasteiger partial charge >= 0.3 is 13.9 Å². The quantitative estimate of drug-likeness (QED) is 0.0398. The first-order chi connectivity index (χ1) is 27.6. The number of ether oxygens (including phenoxy) is 1. The molecule has 0 saturated carbocycles. The van der Waals surface area contributed by atoms with E-state index in [-0.39, 0.29) is 67.7 Å². The Morgan fingerprint density at radius 3 is 2.11 bits per heavy atom. The van der Waals surface area contributed by atoms with Crippen LogP contribution >= 0.6 is 52.6 Å². The summed E-state index contributed by atoms with van der Waals surface area (Å²) in [7, 11) is -1.87. The molecule has 2 atom stereocenters. The minimum Gasteiger partial charge on any atom is -0.448 e. The number of benzene rings is 4. The van der Waals surface area contributed by atoms with E-state index in [9.17, 15) is 28.7 Å². The van der Waals surface area contributed by atoms with E-state index in [0.717, 1.165) is 26.9 Å². The Bertz CT molecular complexity index is 2350. The molecule has 0 aliphatic carbocycles. The van der Waals surface area contributed by atoms with Gasteiger partial charge in [0.2, 0.25) is 11.8 Å². The molecule has 17 heteroatoms. The van der Waals surface area contributed by atoms with Crippen molar-refractivity contribution in [2.75, 3.05) is 52.3 Å². The number of nitrogens with one attached hydrogen (secondary N) is 1. The van der Waals surface area contributed by atoms with Gasteiger partial charge in [-0.15, -0.1) is 23.2 Å². The van der Waals surface area contributed by atoms with Gasteiger partial charge < -0.3 is 19.1 Å². The third-order valence-electron chi connectivity index (χ3n) is 9.96. The Morgan fingerprint density at radius 1 is 0.842 bits per heavy atom. The van der Waals surface area contributed by atoms with Crippen molar-refractivity contribution in [1.29, 1.82) is 0 Å². The topological polar surface area (TPSA) is 159 Å². The zero-order chi connectivity index (χ0) is 40.1. The molecule has 0 bridgehead atoms. The van der Waals surface area contributed by atoms with Gasteiger partial charge in [0.05, 0.1) is 11.4 Å². The van der Waals surface area contributed by atoms with Gasteiger partial charge in [-0.2, -0.15) is 0 Å². The maximum atomic E-state index is 14.0. The normalized spacial score (nSPS) is 16.1. The van der Waals surface area contributed by atoms with E-state index < -0.39 is 13.9 Å². The lowest BCUT2D eigenvalue weighted by atomic mass is 9.92. The second-order valence-corrected chi connectivity index (χ2v) is 17.8. The number of phosphoric ester groups is 1. The number of rotatable bonds is 15. The van der Waals surface area contributed by atoms with Gasteiger partial charge in [0, 0.05) is 84.0 Å². The summed E-state index contributed by atoms with van der Waals surface area (Å²) in [6.07, 6.45) is 2.13. The molecule has 3 amide bonds. The molecule has 298 valence electrons. The summed E-state index contributed by atoms with van der Waals surface area (Å²) in [6.45, 7) is 0.877. The van der Waals surface area contributed by atoms with Crippen LogP contribution < -0.4 is 19.6 Å². The number of fused-ring (bicyclic) bond motifs is 6. The van der Waals surface area contributed by atoms with Gasteiger partial charge in [0.25, 0.3) is 0 Å². The zero-order valence-electron chi connectivity index (χ0n) is 30.5. The third-order valence-corrected chi connectivity index (χ3v) is 13.2. The van der Waals surface area contributed by atoms with Gasteiger partial charge in [-0.25, -0.2) is 14.3 Å². The average molecular weight is 870 g/mol. The van der Waals surface area contributed by atoms with Crippen LogP contribution in [-0.2, 0) is 18.9 Å². The van der Waals surface area contributed by atoms with Crippen LogP contribution in [0.5, 0.6) is 5.75 Å².